The molecule has 1 N–H and O–H groups in total. The minimum absolute atomic E-state index is 0.138. The lowest BCUT2D eigenvalue weighted by molar-refractivity contribution is 0.0952. The van der Waals surface area contributed by atoms with E-state index in [9.17, 15) is 9.59 Å². The molecule has 5 nitrogen and oxygen atoms in total. The van der Waals surface area contributed by atoms with Crippen molar-refractivity contribution in [3.63, 3.8) is 0 Å². The Morgan fingerprint density at radius 1 is 1.19 bits per heavy atom. The summed E-state index contributed by atoms with van der Waals surface area (Å²) in [6.07, 6.45) is 2.34. The summed E-state index contributed by atoms with van der Waals surface area (Å²) < 4.78 is 6.15. The Bertz CT molecular complexity index is 960. The molecule has 3 rings (SSSR count). The van der Waals surface area contributed by atoms with Crippen molar-refractivity contribution < 1.29 is 9.21 Å². The number of rotatable bonds is 8. The summed E-state index contributed by atoms with van der Waals surface area (Å²) in [5.74, 6) is -0.138. The van der Waals surface area contributed by atoms with Crippen LogP contribution in [0.1, 0.15) is 36.4 Å². The maximum atomic E-state index is 12.5. The van der Waals surface area contributed by atoms with Crippen molar-refractivity contribution in [3.05, 3.63) is 45.6 Å². The number of carbonyl (C=O) groups excluding carboxylic acids is 1. The van der Waals surface area contributed by atoms with Crippen LogP contribution in [0.4, 0.5) is 0 Å². The Labute approximate surface area is 156 Å². The Morgan fingerprint density at radius 2 is 2.00 bits per heavy atom. The second-order valence-corrected chi connectivity index (χ2v) is 7.34. The van der Waals surface area contributed by atoms with Crippen LogP contribution in [0.5, 0.6) is 0 Å². The Kier molecular flexibility index (Phi) is 6.06. The number of fused-ring (bicyclic) bond motifs is 3. The molecule has 0 saturated heterocycles. The maximum Gasteiger partial charge on any atom is 0.345 e. The molecule has 1 amide bonds. The Morgan fingerprint density at radius 3 is 2.77 bits per heavy atom. The van der Waals surface area contributed by atoms with Gasteiger partial charge in [-0.05, 0) is 37.7 Å². The molecule has 0 saturated carbocycles. The van der Waals surface area contributed by atoms with Gasteiger partial charge in [-0.15, -0.1) is 11.3 Å². The zero-order valence-corrected chi connectivity index (χ0v) is 16.0. The predicted molar refractivity (Wildman–Crippen MR) is 107 cm³/mol. The van der Waals surface area contributed by atoms with Crippen LogP contribution in [0, 0.1) is 0 Å². The van der Waals surface area contributed by atoms with Gasteiger partial charge in [-0.25, -0.2) is 4.79 Å². The summed E-state index contributed by atoms with van der Waals surface area (Å²) in [5, 5.41) is 4.30. The van der Waals surface area contributed by atoms with E-state index in [4.69, 9.17) is 4.42 Å². The molecule has 0 unspecified atom stereocenters. The Hall–Kier alpha value is -2.18. The van der Waals surface area contributed by atoms with Crippen molar-refractivity contribution in [3.8, 4) is 0 Å². The van der Waals surface area contributed by atoms with Crippen LogP contribution in [0.25, 0.3) is 21.1 Å². The van der Waals surface area contributed by atoms with Crippen molar-refractivity contribution in [1.29, 1.82) is 0 Å². The van der Waals surface area contributed by atoms with E-state index in [0.717, 1.165) is 29.7 Å². The van der Waals surface area contributed by atoms with Crippen LogP contribution >= 0.6 is 11.3 Å². The first-order valence-corrected chi connectivity index (χ1v) is 9.91. The van der Waals surface area contributed by atoms with Crippen molar-refractivity contribution >= 4 is 38.3 Å². The molecule has 0 spiro atoms. The molecule has 138 valence electrons. The molecule has 0 aliphatic heterocycles. The van der Waals surface area contributed by atoms with Gasteiger partial charge in [0, 0.05) is 18.5 Å². The summed E-state index contributed by atoms with van der Waals surface area (Å²) >= 11 is 1.34. The van der Waals surface area contributed by atoms with E-state index >= 15 is 0 Å². The molecule has 0 fully saturated rings. The van der Waals surface area contributed by atoms with Gasteiger partial charge in [0.2, 0.25) is 0 Å². The molecular formula is C20H24N2O3S. The van der Waals surface area contributed by atoms with Gasteiger partial charge in [0.15, 0.2) is 0 Å². The highest BCUT2D eigenvalue weighted by molar-refractivity contribution is 7.21. The van der Waals surface area contributed by atoms with Crippen LogP contribution in [-0.4, -0.2) is 37.0 Å². The van der Waals surface area contributed by atoms with Crippen molar-refractivity contribution in [2.45, 2.75) is 26.7 Å². The summed E-state index contributed by atoms with van der Waals surface area (Å²) in [4.78, 5) is 27.5. The highest BCUT2D eigenvalue weighted by Crippen LogP contribution is 2.30. The van der Waals surface area contributed by atoms with Gasteiger partial charge in [-0.1, -0.05) is 32.4 Å². The molecule has 0 atom stereocenters. The standard InChI is InChI=1S/C20H24N2O3S/c1-3-5-11-22(4-2)12-10-21-19(23)17-13-15-18(26-17)14-8-6-7-9-16(14)25-20(15)24/h6-9,13H,3-5,10-12H2,1-2H3,(H,21,23). The first-order valence-electron chi connectivity index (χ1n) is 9.10. The fourth-order valence-electron chi connectivity index (χ4n) is 2.98. The van der Waals surface area contributed by atoms with Crippen molar-refractivity contribution in [1.82, 2.24) is 10.2 Å². The highest BCUT2D eigenvalue weighted by Gasteiger charge is 2.15. The van der Waals surface area contributed by atoms with Gasteiger partial charge in [0.05, 0.1) is 15.0 Å². The molecule has 0 aliphatic rings. The maximum absolute atomic E-state index is 12.5. The molecule has 1 aromatic carbocycles. The average Bonchev–Trinajstić information content (AvgIpc) is 3.11. The fourth-order valence-corrected chi connectivity index (χ4v) is 4.07. The summed E-state index contributed by atoms with van der Waals surface area (Å²) in [6.45, 7) is 7.77. The van der Waals surface area contributed by atoms with Crippen molar-refractivity contribution in [2.24, 2.45) is 0 Å². The molecule has 3 aromatic rings. The smallest absolute Gasteiger partial charge is 0.345 e. The van der Waals surface area contributed by atoms with Crippen LogP contribution in [0.2, 0.25) is 0 Å². The Balaban J connectivity index is 1.74. The van der Waals surface area contributed by atoms with Crippen LogP contribution in [0.15, 0.2) is 39.5 Å². The third kappa shape index (κ3) is 3.97. The predicted octanol–water partition coefficient (Wildman–Crippen LogP) is 3.86. The van der Waals surface area contributed by atoms with E-state index in [0.29, 0.717) is 22.4 Å². The highest BCUT2D eigenvalue weighted by atomic mass is 32.1. The third-order valence-electron chi connectivity index (χ3n) is 4.50. The molecular weight excluding hydrogens is 348 g/mol. The van der Waals surface area contributed by atoms with Gasteiger partial charge in [-0.2, -0.15) is 0 Å². The first kappa shape index (κ1) is 18.6. The number of thiophene rings is 1. The van der Waals surface area contributed by atoms with Gasteiger partial charge >= 0.3 is 5.63 Å². The lowest BCUT2D eigenvalue weighted by Gasteiger charge is -2.19. The number of para-hydroxylation sites is 1. The molecule has 0 bridgehead atoms. The average molecular weight is 372 g/mol. The number of carbonyl (C=O) groups is 1. The van der Waals surface area contributed by atoms with E-state index in [2.05, 4.69) is 24.1 Å². The van der Waals surface area contributed by atoms with Gasteiger partial charge in [-0.3, -0.25) is 4.79 Å². The van der Waals surface area contributed by atoms with Crippen molar-refractivity contribution in [2.75, 3.05) is 26.2 Å². The molecule has 0 aliphatic carbocycles. The molecule has 0 radical (unpaired) electrons. The molecule has 2 heterocycles. The quantitative estimate of drug-likeness (QED) is 0.610. The van der Waals surface area contributed by atoms with E-state index in [1.807, 2.05) is 18.2 Å². The number of nitrogens with one attached hydrogen (secondary N) is 1. The van der Waals surface area contributed by atoms with E-state index in [1.54, 1.807) is 12.1 Å². The monoisotopic (exact) mass is 372 g/mol. The third-order valence-corrected chi connectivity index (χ3v) is 5.67. The largest absolute Gasteiger partial charge is 0.422 e. The molecule has 26 heavy (non-hydrogen) atoms. The number of likely N-dealkylation sites (N-methyl/N-ethyl adjacent to an activating group) is 1. The topological polar surface area (TPSA) is 62.6 Å². The normalized spacial score (nSPS) is 11.5. The molecule has 2 aromatic heterocycles. The number of unbranched alkanes of at least 4 members (excludes halogenated alkanes) is 1. The van der Waals surface area contributed by atoms with E-state index < -0.39 is 5.63 Å². The minimum Gasteiger partial charge on any atom is -0.422 e. The molecule has 6 heteroatoms. The number of amides is 1. The van der Waals surface area contributed by atoms with E-state index in [1.165, 1.54) is 24.2 Å². The zero-order chi connectivity index (χ0) is 18.5. The number of hydrogen-bond donors (Lipinski definition) is 1. The zero-order valence-electron chi connectivity index (χ0n) is 15.2. The van der Waals surface area contributed by atoms with Crippen LogP contribution in [0.3, 0.4) is 0 Å². The fraction of sp³-hybridized carbons (Fsp3) is 0.400. The van der Waals surface area contributed by atoms with Gasteiger partial charge in [0.25, 0.3) is 5.91 Å². The second kappa shape index (κ2) is 8.47. The van der Waals surface area contributed by atoms with Gasteiger partial charge < -0.3 is 14.6 Å². The first-order chi connectivity index (χ1) is 12.6. The number of nitrogens with zero attached hydrogens (tertiary/aromatic N) is 1. The van der Waals surface area contributed by atoms with E-state index in [-0.39, 0.29) is 5.91 Å². The minimum atomic E-state index is -0.397. The van der Waals surface area contributed by atoms with Gasteiger partial charge in [0.1, 0.15) is 5.58 Å². The summed E-state index contributed by atoms with van der Waals surface area (Å²) in [7, 11) is 0. The SMILES string of the molecule is CCCCN(CC)CCNC(=O)c1cc2c(=O)oc3ccccc3c2s1. The lowest BCUT2D eigenvalue weighted by Crippen LogP contribution is -2.35. The van der Waals surface area contributed by atoms with Crippen LogP contribution < -0.4 is 10.9 Å². The summed E-state index contributed by atoms with van der Waals surface area (Å²) in [5.41, 5.74) is 0.152. The number of benzene rings is 1. The number of hydrogen-bond acceptors (Lipinski definition) is 5. The van der Waals surface area contributed by atoms with Crippen LogP contribution in [-0.2, 0) is 0 Å². The second-order valence-electron chi connectivity index (χ2n) is 6.28. The summed E-state index contributed by atoms with van der Waals surface area (Å²) in [6, 6.07) is 9.05. The lowest BCUT2D eigenvalue weighted by atomic mass is 10.2.